The first-order valence-electron chi connectivity index (χ1n) is 8.07. The number of esters is 1. The lowest BCUT2D eigenvalue weighted by atomic mass is 10.1. The summed E-state index contributed by atoms with van der Waals surface area (Å²) in [6.07, 6.45) is 4.02. The largest absolute Gasteiger partial charge is 0.466 e. The van der Waals surface area contributed by atoms with Gasteiger partial charge in [-0.3, -0.25) is 20.2 Å². The Labute approximate surface area is 168 Å². The Kier molecular flexibility index (Phi) is 6.09. The topological polar surface area (TPSA) is 136 Å². The van der Waals surface area contributed by atoms with Crippen molar-refractivity contribution in [3.8, 4) is 11.3 Å². The molecule has 1 aromatic carbocycles. The molecular formula is C18H13N5O5S. The summed E-state index contributed by atoms with van der Waals surface area (Å²) in [7, 11) is 1.22. The number of carbonyl (C=O) groups excluding carboxylic acids is 2. The molecule has 1 N–H and O–H groups in total. The number of hydrogen-bond acceptors (Lipinski definition) is 9. The first kappa shape index (κ1) is 19.9. The van der Waals surface area contributed by atoms with Gasteiger partial charge in [0.25, 0.3) is 11.6 Å². The van der Waals surface area contributed by atoms with Gasteiger partial charge in [0.2, 0.25) is 0 Å². The summed E-state index contributed by atoms with van der Waals surface area (Å²) in [5.41, 5.74) is 1.48. The zero-order valence-corrected chi connectivity index (χ0v) is 15.8. The molecule has 0 spiro atoms. The Morgan fingerprint density at radius 3 is 2.76 bits per heavy atom. The molecule has 0 atom stereocenters. The van der Waals surface area contributed by atoms with Crippen LogP contribution in [0.5, 0.6) is 0 Å². The summed E-state index contributed by atoms with van der Waals surface area (Å²) in [6, 6.07) is 9.69. The Morgan fingerprint density at radius 2 is 2.07 bits per heavy atom. The summed E-state index contributed by atoms with van der Waals surface area (Å²) >= 11 is 0.965. The van der Waals surface area contributed by atoms with Crippen LogP contribution in [-0.4, -0.2) is 40.3 Å². The molecule has 10 nitrogen and oxygen atoms in total. The number of nitro groups is 1. The standard InChI is InChI=1S/C18H13N5O5S/c1-28-15(24)9-14-17(25)21-18(29-14)22-20-10-11-4-6-12(7-5-11)16-13(23(26)27)3-2-8-19-16/h2-10H,1H3,(H,21,22,25)/b14-9+,20-10?. The molecule has 2 heterocycles. The van der Waals surface area contributed by atoms with Crippen LogP contribution in [0, 0.1) is 10.1 Å². The molecule has 0 radical (unpaired) electrons. The van der Waals surface area contributed by atoms with E-state index >= 15 is 0 Å². The van der Waals surface area contributed by atoms with E-state index in [9.17, 15) is 19.7 Å². The predicted molar refractivity (Wildman–Crippen MR) is 107 cm³/mol. The van der Waals surface area contributed by atoms with Crippen LogP contribution in [0.15, 0.2) is 63.8 Å². The van der Waals surface area contributed by atoms with Crippen molar-refractivity contribution in [3.63, 3.8) is 0 Å². The van der Waals surface area contributed by atoms with E-state index in [0.29, 0.717) is 11.1 Å². The van der Waals surface area contributed by atoms with Gasteiger partial charge in [-0.25, -0.2) is 9.78 Å². The molecule has 0 unspecified atom stereocenters. The monoisotopic (exact) mass is 411 g/mol. The third-order valence-corrected chi connectivity index (χ3v) is 4.52. The SMILES string of the molecule is COC(=O)/C=C1/S/C(=N\N=Cc2ccc(-c3ncccc3[N+](=O)[O-])cc2)NC1=O. The van der Waals surface area contributed by atoms with Crippen LogP contribution in [0.25, 0.3) is 11.3 Å². The Bertz CT molecular complexity index is 1060. The van der Waals surface area contributed by atoms with Gasteiger partial charge in [0.15, 0.2) is 5.17 Å². The molecule has 2 aromatic rings. The fraction of sp³-hybridized carbons (Fsp3) is 0.0556. The number of thioether (sulfide) groups is 1. The van der Waals surface area contributed by atoms with Crippen molar-refractivity contribution in [3.05, 3.63) is 69.3 Å². The Balaban J connectivity index is 1.71. The second kappa shape index (κ2) is 8.89. The van der Waals surface area contributed by atoms with Crippen LogP contribution in [0.3, 0.4) is 0 Å². The van der Waals surface area contributed by atoms with E-state index in [1.807, 2.05) is 0 Å². The van der Waals surface area contributed by atoms with E-state index < -0.39 is 16.8 Å². The minimum atomic E-state index is -0.638. The van der Waals surface area contributed by atoms with Gasteiger partial charge < -0.3 is 4.74 Å². The summed E-state index contributed by atoms with van der Waals surface area (Å²) in [4.78, 5) is 37.8. The molecule has 0 bridgehead atoms. The first-order chi connectivity index (χ1) is 14.0. The van der Waals surface area contributed by atoms with Crippen molar-refractivity contribution < 1.29 is 19.2 Å². The predicted octanol–water partition coefficient (Wildman–Crippen LogP) is 2.27. The number of aromatic nitrogens is 1. The maximum atomic E-state index is 11.7. The van der Waals surface area contributed by atoms with Gasteiger partial charge in [0.1, 0.15) is 5.69 Å². The maximum Gasteiger partial charge on any atom is 0.331 e. The highest BCUT2D eigenvalue weighted by atomic mass is 32.2. The number of methoxy groups -OCH3 is 1. The van der Waals surface area contributed by atoms with E-state index in [1.54, 1.807) is 24.3 Å². The van der Waals surface area contributed by atoms with Crippen LogP contribution < -0.4 is 5.32 Å². The molecule has 1 saturated heterocycles. The number of benzene rings is 1. The molecule has 1 amide bonds. The molecule has 1 aromatic heterocycles. The van der Waals surface area contributed by atoms with Gasteiger partial charge in [-0.2, -0.15) is 5.10 Å². The van der Waals surface area contributed by atoms with Crippen LogP contribution in [0.4, 0.5) is 5.69 Å². The minimum Gasteiger partial charge on any atom is -0.466 e. The van der Waals surface area contributed by atoms with Crippen LogP contribution in [0.2, 0.25) is 0 Å². The molecule has 0 aliphatic carbocycles. The van der Waals surface area contributed by atoms with Crippen molar-refractivity contribution in [2.24, 2.45) is 10.2 Å². The molecule has 146 valence electrons. The van der Waals surface area contributed by atoms with Crippen molar-refractivity contribution >= 4 is 40.7 Å². The van der Waals surface area contributed by atoms with Crippen molar-refractivity contribution in [2.75, 3.05) is 7.11 Å². The van der Waals surface area contributed by atoms with Crippen LogP contribution in [0.1, 0.15) is 5.56 Å². The molecule has 0 saturated carbocycles. The second-order valence-corrected chi connectivity index (χ2v) is 6.52. The number of pyridine rings is 1. The highest BCUT2D eigenvalue weighted by Gasteiger charge is 2.25. The average molecular weight is 411 g/mol. The Hall–Kier alpha value is -3.86. The lowest BCUT2D eigenvalue weighted by Crippen LogP contribution is -2.19. The lowest BCUT2D eigenvalue weighted by molar-refractivity contribution is -0.384. The van der Waals surface area contributed by atoms with Gasteiger partial charge in [0, 0.05) is 23.9 Å². The molecule has 29 heavy (non-hydrogen) atoms. The molecule has 1 aliphatic heterocycles. The van der Waals surface area contributed by atoms with Gasteiger partial charge in [0.05, 0.1) is 23.2 Å². The third kappa shape index (κ3) is 4.90. The minimum absolute atomic E-state index is 0.0786. The molecular weight excluding hydrogens is 398 g/mol. The Morgan fingerprint density at radius 1 is 1.31 bits per heavy atom. The fourth-order valence-corrected chi connectivity index (χ4v) is 3.02. The second-order valence-electron chi connectivity index (χ2n) is 5.49. The average Bonchev–Trinajstić information content (AvgIpc) is 3.07. The third-order valence-electron chi connectivity index (χ3n) is 3.62. The van der Waals surface area contributed by atoms with Gasteiger partial charge in [-0.15, -0.1) is 5.10 Å². The summed E-state index contributed by atoms with van der Waals surface area (Å²) < 4.78 is 4.48. The van der Waals surface area contributed by atoms with Crippen molar-refractivity contribution in [1.29, 1.82) is 0 Å². The van der Waals surface area contributed by atoms with E-state index in [-0.39, 0.29) is 21.5 Å². The summed E-state index contributed by atoms with van der Waals surface area (Å²) in [5, 5.41) is 21.6. The molecule has 1 fully saturated rings. The number of amidine groups is 1. The zero-order valence-electron chi connectivity index (χ0n) is 14.9. The number of rotatable bonds is 5. The van der Waals surface area contributed by atoms with Crippen LogP contribution >= 0.6 is 11.8 Å². The number of nitrogens with one attached hydrogen (secondary N) is 1. The highest BCUT2D eigenvalue weighted by Crippen LogP contribution is 2.27. The number of amides is 1. The summed E-state index contributed by atoms with van der Waals surface area (Å²) in [5.74, 6) is -1.10. The van der Waals surface area contributed by atoms with Crippen molar-refractivity contribution in [1.82, 2.24) is 10.3 Å². The molecule has 3 rings (SSSR count). The first-order valence-corrected chi connectivity index (χ1v) is 8.89. The number of ether oxygens (including phenoxy) is 1. The quantitative estimate of drug-likeness (QED) is 0.262. The normalized spacial score (nSPS) is 16.4. The van der Waals surface area contributed by atoms with Gasteiger partial charge in [-0.1, -0.05) is 24.3 Å². The lowest BCUT2D eigenvalue weighted by Gasteiger charge is -2.02. The van der Waals surface area contributed by atoms with Gasteiger partial charge >= 0.3 is 5.97 Å². The van der Waals surface area contributed by atoms with E-state index in [4.69, 9.17) is 0 Å². The smallest absolute Gasteiger partial charge is 0.331 e. The van der Waals surface area contributed by atoms with E-state index in [0.717, 1.165) is 17.8 Å². The van der Waals surface area contributed by atoms with E-state index in [1.165, 1.54) is 31.7 Å². The molecule has 11 heteroatoms. The van der Waals surface area contributed by atoms with Crippen molar-refractivity contribution in [2.45, 2.75) is 0 Å². The fourth-order valence-electron chi connectivity index (χ4n) is 2.28. The zero-order chi connectivity index (χ0) is 20.8. The van der Waals surface area contributed by atoms with Crippen LogP contribution in [-0.2, 0) is 14.3 Å². The number of carbonyl (C=O) groups is 2. The highest BCUT2D eigenvalue weighted by molar-refractivity contribution is 8.18. The number of nitrogens with zero attached hydrogens (tertiary/aromatic N) is 4. The van der Waals surface area contributed by atoms with E-state index in [2.05, 4.69) is 25.2 Å². The van der Waals surface area contributed by atoms with Gasteiger partial charge in [-0.05, 0) is 23.4 Å². The molecule has 1 aliphatic rings. The maximum absolute atomic E-state index is 11.7. The number of hydrogen-bond donors (Lipinski definition) is 1. The summed E-state index contributed by atoms with van der Waals surface area (Å²) in [6.45, 7) is 0.